The molecule has 2 fully saturated rings. The highest BCUT2D eigenvalue weighted by Gasteiger charge is 2.51. The minimum atomic E-state index is -0.570. The molecule has 3 heteroatoms. The standard InChI is InChI=1S/C9H14O3/c1-5-4-6(10)8-7(5)11-9(2,3)12-8/h5,7-8H,4H2,1-3H3. The Hall–Kier alpha value is -0.410. The maximum Gasteiger partial charge on any atom is 0.164 e. The third-order valence-corrected chi connectivity index (χ3v) is 2.53. The Morgan fingerprint density at radius 3 is 2.67 bits per heavy atom. The molecule has 1 aliphatic heterocycles. The van der Waals surface area contributed by atoms with Crippen molar-refractivity contribution in [3.8, 4) is 0 Å². The summed E-state index contributed by atoms with van der Waals surface area (Å²) in [4.78, 5) is 11.3. The highest BCUT2D eigenvalue weighted by molar-refractivity contribution is 5.86. The Labute approximate surface area is 72.0 Å². The molecule has 1 heterocycles. The van der Waals surface area contributed by atoms with E-state index in [1.54, 1.807) is 0 Å². The molecule has 2 aliphatic rings. The van der Waals surface area contributed by atoms with Crippen LogP contribution in [0.15, 0.2) is 0 Å². The van der Waals surface area contributed by atoms with Crippen LogP contribution >= 0.6 is 0 Å². The molecule has 12 heavy (non-hydrogen) atoms. The summed E-state index contributed by atoms with van der Waals surface area (Å²) >= 11 is 0. The first-order valence-corrected chi connectivity index (χ1v) is 4.38. The number of Topliss-reactive ketones (excluding diaryl/α,β-unsaturated/α-hetero) is 1. The molecule has 0 aromatic carbocycles. The van der Waals surface area contributed by atoms with Gasteiger partial charge in [0.1, 0.15) is 6.10 Å². The molecular weight excluding hydrogens is 156 g/mol. The normalized spacial score (nSPS) is 44.9. The second kappa shape index (κ2) is 2.30. The number of hydrogen-bond donors (Lipinski definition) is 0. The summed E-state index contributed by atoms with van der Waals surface area (Å²) in [5.74, 6) is -0.0676. The molecule has 3 nitrogen and oxygen atoms in total. The maximum atomic E-state index is 11.3. The van der Waals surface area contributed by atoms with Crippen molar-refractivity contribution in [2.24, 2.45) is 5.92 Å². The first-order valence-electron chi connectivity index (χ1n) is 4.38. The predicted molar refractivity (Wildman–Crippen MR) is 42.6 cm³/mol. The van der Waals surface area contributed by atoms with Crippen LogP contribution in [0, 0.1) is 5.92 Å². The van der Waals surface area contributed by atoms with Crippen molar-refractivity contribution in [3.05, 3.63) is 0 Å². The molecule has 1 saturated heterocycles. The van der Waals surface area contributed by atoms with Gasteiger partial charge in [0.25, 0.3) is 0 Å². The van der Waals surface area contributed by atoms with Crippen molar-refractivity contribution in [3.63, 3.8) is 0 Å². The van der Waals surface area contributed by atoms with Crippen LogP contribution in [0.4, 0.5) is 0 Å². The lowest BCUT2D eigenvalue weighted by Crippen LogP contribution is -2.25. The molecule has 0 radical (unpaired) electrons. The fraction of sp³-hybridized carbons (Fsp3) is 0.889. The number of hydrogen-bond acceptors (Lipinski definition) is 3. The molecule has 0 aromatic rings. The minimum Gasteiger partial charge on any atom is -0.344 e. The van der Waals surface area contributed by atoms with E-state index in [2.05, 4.69) is 0 Å². The Balaban J connectivity index is 2.20. The van der Waals surface area contributed by atoms with Crippen LogP contribution < -0.4 is 0 Å². The van der Waals surface area contributed by atoms with E-state index in [1.807, 2.05) is 20.8 Å². The monoisotopic (exact) mass is 170 g/mol. The SMILES string of the molecule is CC1CC(=O)C2OC(C)(C)OC12. The lowest BCUT2D eigenvalue weighted by Gasteiger charge is -2.19. The van der Waals surface area contributed by atoms with E-state index in [0.717, 1.165) is 0 Å². The van der Waals surface area contributed by atoms with Crippen molar-refractivity contribution < 1.29 is 14.3 Å². The number of carbonyl (C=O) groups excluding carboxylic acids is 1. The Morgan fingerprint density at radius 2 is 2.08 bits per heavy atom. The van der Waals surface area contributed by atoms with Crippen LogP contribution in [0.2, 0.25) is 0 Å². The number of ketones is 1. The molecule has 0 spiro atoms. The first-order chi connectivity index (χ1) is 5.49. The first kappa shape index (κ1) is 8.20. The van der Waals surface area contributed by atoms with Gasteiger partial charge in [-0.3, -0.25) is 4.79 Å². The Kier molecular flexibility index (Phi) is 1.57. The molecule has 1 saturated carbocycles. The van der Waals surface area contributed by atoms with Gasteiger partial charge in [0.15, 0.2) is 11.6 Å². The number of fused-ring (bicyclic) bond motifs is 1. The van der Waals surface area contributed by atoms with E-state index in [1.165, 1.54) is 0 Å². The van der Waals surface area contributed by atoms with E-state index < -0.39 is 5.79 Å². The topological polar surface area (TPSA) is 35.5 Å². The number of rotatable bonds is 0. The van der Waals surface area contributed by atoms with Crippen molar-refractivity contribution in [2.75, 3.05) is 0 Å². The van der Waals surface area contributed by atoms with Gasteiger partial charge in [-0.2, -0.15) is 0 Å². The van der Waals surface area contributed by atoms with Gasteiger partial charge < -0.3 is 9.47 Å². The highest BCUT2D eigenvalue weighted by atomic mass is 16.8. The third kappa shape index (κ3) is 1.08. The van der Waals surface area contributed by atoms with Crippen LogP contribution in [-0.4, -0.2) is 23.8 Å². The summed E-state index contributed by atoms with van der Waals surface area (Å²) in [6.07, 6.45) is 0.299. The molecule has 68 valence electrons. The van der Waals surface area contributed by atoms with Crippen LogP contribution in [0.5, 0.6) is 0 Å². The molecule has 3 atom stereocenters. The van der Waals surface area contributed by atoms with E-state index in [-0.39, 0.29) is 18.0 Å². The highest BCUT2D eigenvalue weighted by Crippen LogP contribution is 2.39. The zero-order valence-corrected chi connectivity index (χ0v) is 7.66. The number of carbonyl (C=O) groups is 1. The second-order valence-electron chi connectivity index (χ2n) is 4.17. The molecule has 0 N–H and O–H groups in total. The molecular formula is C9H14O3. The summed E-state index contributed by atoms with van der Waals surface area (Å²) < 4.78 is 11.1. The van der Waals surface area contributed by atoms with Gasteiger partial charge in [-0.05, 0) is 19.8 Å². The fourth-order valence-corrected chi connectivity index (χ4v) is 2.00. The lowest BCUT2D eigenvalue weighted by molar-refractivity contribution is -0.162. The van der Waals surface area contributed by atoms with Crippen molar-refractivity contribution in [2.45, 2.75) is 45.2 Å². The van der Waals surface area contributed by atoms with Crippen LogP contribution in [0.25, 0.3) is 0 Å². The van der Waals surface area contributed by atoms with Gasteiger partial charge in [0.05, 0.1) is 6.10 Å². The van der Waals surface area contributed by atoms with Crippen molar-refractivity contribution in [1.29, 1.82) is 0 Å². The quantitative estimate of drug-likeness (QED) is 0.546. The summed E-state index contributed by atoms with van der Waals surface area (Å²) in [6, 6.07) is 0. The molecule has 1 aliphatic carbocycles. The smallest absolute Gasteiger partial charge is 0.164 e. The largest absolute Gasteiger partial charge is 0.344 e. The average Bonchev–Trinajstić information content (AvgIpc) is 2.34. The van der Waals surface area contributed by atoms with Crippen LogP contribution in [-0.2, 0) is 14.3 Å². The number of ether oxygens (including phenoxy) is 2. The summed E-state index contributed by atoms with van der Waals surface area (Å²) in [5, 5.41) is 0. The molecule has 3 unspecified atom stereocenters. The van der Waals surface area contributed by atoms with Gasteiger partial charge in [0, 0.05) is 6.42 Å². The summed E-state index contributed by atoms with van der Waals surface area (Å²) in [6.45, 7) is 5.74. The zero-order chi connectivity index (χ0) is 8.93. The molecule has 0 aromatic heterocycles. The van der Waals surface area contributed by atoms with Crippen molar-refractivity contribution >= 4 is 5.78 Å². The molecule has 2 rings (SSSR count). The second-order valence-corrected chi connectivity index (χ2v) is 4.17. The van der Waals surface area contributed by atoms with Gasteiger partial charge in [-0.15, -0.1) is 0 Å². The fourth-order valence-electron chi connectivity index (χ4n) is 2.00. The van der Waals surface area contributed by atoms with Crippen LogP contribution in [0.1, 0.15) is 27.2 Å². The van der Waals surface area contributed by atoms with E-state index in [9.17, 15) is 4.79 Å². The zero-order valence-electron chi connectivity index (χ0n) is 7.66. The van der Waals surface area contributed by atoms with Crippen molar-refractivity contribution in [1.82, 2.24) is 0 Å². The van der Waals surface area contributed by atoms with Gasteiger partial charge in [-0.1, -0.05) is 6.92 Å². The predicted octanol–water partition coefficient (Wildman–Crippen LogP) is 1.12. The molecule has 0 bridgehead atoms. The van der Waals surface area contributed by atoms with Gasteiger partial charge in [-0.25, -0.2) is 0 Å². The molecule has 0 amide bonds. The third-order valence-electron chi connectivity index (χ3n) is 2.53. The summed E-state index contributed by atoms with van der Waals surface area (Å²) in [5.41, 5.74) is 0. The van der Waals surface area contributed by atoms with E-state index in [0.29, 0.717) is 12.3 Å². The van der Waals surface area contributed by atoms with Gasteiger partial charge in [0.2, 0.25) is 0 Å². The Morgan fingerprint density at radius 1 is 1.42 bits per heavy atom. The summed E-state index contributed by atoms with van der Waals surface area (Å²) in [7, 11) is 0. The average molecular weight is 170 g/mol. The minimum absolute atomic E-state index is 0.00694. The van der Waals surface area contributed by atoms with E-state index in [4.69, 9.17) is 9.47 Å². The lowest BCUT2D eigenvalue weighted by atomic mass is 10.1. The van der Waals surface area contributed by atoms with Gasteiger partial charge >= 0.3 is 0 Å². The van der Waals surface area contributed by atoms with E-state index >= 15 is 0 Å². The Bertz CT molecular complexity index is 222. The van der Waals surface area contributed by atoms with Crippen LogP contribution in [0.3, 0.4) is 0 Å². The maximum absolute atomic E-state index is 11.3.